The molecule has 0 aliphatic carbocycles. The lowest BCUT2D eigenvalue weighted by atomic mass is 9.86. The molecule has 2 rings (SSSR count). The number of alkyl halides is 3. The molecule has 1 saturated heterocycles. The van der Waals surface area contributed by atoms with Crippen LogP contribution in [0.25, 0.3) is 0 Å². The third-order valence-corrected chi connectivity index (χ3v) is 2.92. The van der Waals surface area contributed by atoms with Crippen LogP contribution in [0.5, 0.6) is 0 Å². The zero-order valence-corrected chi connectivity index (χ0v) is 8.67. The number of nitrogens with one attached hydrogen (secondary N) is 1. The Bertz CT molecular complexity index is 337. The van der Waals surface area contributed by atoms with Crippen LogP contribution in [0.3, 0.4) is 0 Å². The molecule has 0 bridgehead atoms. The van der Waals surface area contributed by atoms with Gasteiger partial charge in [0.15, 0.2) is 0 Å². The molecule has 16 heavy (non-hydrogen) atoms. The highest BCUT2D eigenvalue weighted by Gasteiger charge is 2.45. The Labute approximate surface area is 91.9 Å². The van der Waals surface area contributed by atoms with Crippen molar-refractivity contribution >= 4 is 0 Å². The first-order chi connectivity index (χ1) is 7.59. The fourth-order valence-corrected chi connectivity index (χ4v) is 2.15. The van der Waals surface area contributed by atoms with Crippen molar-refractivity contribution in [1.29, 1.82) is 0 Å². The number of hydrogen-bond acceptors (Lipinski definition) is 2. The van der Waals surface area contributed by atoms with Gasteiger partial charge in [-0.25, -0.2) is 0 Å². The molecule has 0 saturated carbocycles. The number of piperidine rings is 1. The van der Waals surface area contributed by atoms with Gasteiger partial charge in [0.2, 0.25) is 0 Å². The second kappa shape index (κ2) is 4.41. The van der Waals surface area contributed by atoms with Crippen LogP contribution < -0.4 is 5.32 Å². The van der Waals surface area contributed by atoms with Gasteiger partial charge >= 0.3 is 6.18 Å². The summed E-state index contributed by atoms with van der Waals surface area (Å²) in [4.78, 5) is 3.87. The number of hydrogen-bond donors (Lipinski definition) is 1. The van der Waals surface area contributed by atoms with Crippen molar-refractivity contribution in [3.63, 3.8) is 0 Å². The van der Waals surface area contributed by atoms with Gasteiger partial charge in [0, 0.05) is 18.4 Å². The van der Waals surface area contributed by atoms with E-state index in [1.807, 2.05) is 0 Å². The van der Waals surface area contributed by atoms with Gasteiger partial charge in [-0.05, 0) is 31.0 Å². The van der Waals surface area contributed by atoms with E-state index in [0.717, 1.165) is 0 Å². The Kier molecular flexibility index (Phi) is 3.14. The largest absolute Gasteiger partial charge is 0.393 e. The van der Waals surface area contributed by atoms with Crippen LogP contribution in [-0.4, -0.2) is 17.7 Å². The summed E-state index contributed by atoms with van der Waals surface area (Å²) in [5.41, 5.74) is 0.615. The zero-order valence-electron chi connectivity index (χ0n) is 8.67. The second-order valence-corrected chi connectivity index (χ2v) is 4.01. The molecule has 1 aliphatic rings. The van der Waals surface area contributed by atoms with Gasteiger partial charge in [-0.3, -0.25) is 4.98 Å². The summed E-state index contributed by atoms with van der Waals surface area (Å²) in [6.07, 6.45) is -0.318. The predicted octanol–water partition coefficient (Wildman–Crippen LogP) is 2.68. The highest BCUT2D eigenvalue weighted by Crippen LogP contribution is 2.40. The molecule has 88 valence electrons. The predicted molar refractivity (Wildman–Crippen MR) is 53.8 cm³/mol. The minimum Gasteiger partial charge on any atom is -0.309 e. The van der Waals surface area contributed by atoms with Gasteiger partial charge in [-0.15, -0.1) is 0 Å². The molecular formula is C11H13F3N2. The van der Waals surface area contributed by atoms with Crippen molar-refractivity contribution in [2.75, 3.05) is 6.54 Å². The van der Waals surface area contributed by atoms with Crippen molar-refractivity contribution in [2.24, 2.45) is 5.92 Å². The van der Waals surface area contributed by atoms with Crippen LogP contribution in [-0.2, 0) is 0 Å². The first-order valence-corrected chi connectivity index (χ1v) is 5.29. The van der Waals surface area contributed by atoms with E-state index in [0.29, 0.717) is 18.5 Å². The lowest BCUT2D eigenvalue weighted by molar-refractivity contribution is -0.189. The highest BCUT2D eigenvalue weighted by molar-refractivity contribution is 5.16. The molecule has 1 aliphatic heterocycles. The average molecular weight is 230 g/mol. The Morgan fingerprint density at radius 1 is 1.38 bits per heavy atom. The van der Waals surface area contributed by atoms with Crippen molar-refractivity contribution in [1.82, 2.24) is 10.3 Å². The van der Waals surface area contributed by atoms with E-state index in [1.165, 1.54) is 6.20 Å². The molecule has 2 nitrogen and oxygen atoms in total. The van der Waals surface area contributed by atoms with Gasteiger partial charge in [0.05, 0.1) is 5.92 Å². The number of nitrogens with zero attached hydrogens (tertiary/aromatic N) is 1. The summed E-state index contributed by atoms with van der Waals surface area (Å²) in [5.74, 6) is -1.30. The van der Waals surface area contributed by atoms with E-state index >= 15 is 0 Å². The number of aromatic nitrogens is 1. The monoisotopic (exact) mass is 230 g/mol. The Morgan fingerprint density at radius 3 is 2.81 bits per heavy atom. The fraction of sp³-hybridized carbons (Fsp3) is 0.545. The third-order valence-electron chi connectivity index (χ3n) is 2.92. The molecule has 0 amide bonds. The van der Waals surface area contributed by atoms with Crippen molar-refractivity contribution in [2.45, 2.75) is 25.1 Å². The van der Waals surface area contributed by atoms with Crippen LogP contribution in [0, 0.1) is 5.92 Å². The average Bonchev–Trinajstić information content (AvgIpc) is 2.29. The summed E-state index contributed by atoms with van der Waals surface area (Å²) >= 11 is 0. The third kappa shape index (κ3) is 2.35. The minimum atomic E-state index is -4.14. The maximum atomic E-state index is 12.8. The normalized spacial score (nSPS) is 26.7. The SMILES string of the molecule is FC(F)(F)C1CCCNC1c1cccnc1. The second-order valence-electron chi connectivity index (χ2n) is 4.01. The van der Waals surface area contributed by atoms with E-state index in [9.17, 15) is 13.2 Å². The number of halogens is 3. The molecule has 0 aromatic carbocycles. The van der Waals surface area contributed by atoms with Crippen LogP contribution in [0.1, 0.15) is 24.4 Å². The molecule has 1 fully saturated rings. The summed E-state index contributed by atoms with van der Waals surface area (Å²) in [5, 5.41) is 2.93. The zero-order chi connectivity index (χ0) is 11.6. The molecule has 1 aromatic rings. The number of pyridine rings is 1. The van der Waals surface area contributed by atoms with Gasteiger partial charge in [0.25, 0.3) is 0 Å². The van der Waals surface area contributed by atoms with E-state index in [1.54, 1.807) is 18.3 Å². The van der Waals surface area contributed by atoms with Crippen molar-refractivity contribution in [3.05, 3.63) is 30.1 Å². The van der Waals surface area contributed by atoms with Crippen LogP contribution in [0.15, 0.2) is 24.5 Å². The van der Waals surface area contributed by atoms with E-state index in [2.05, 4.69) is 10.3 Å². The molecule has 1 aromatic heterocycles. The molecule has 1 N–H and O–H groups in total. The van der Waals surface area contributed by atoms with Crippen LogP contribution >= 0.6 is 0 Å². The Morgan fingerprint density at radius 2 is 2.19 bits per heavy atom. The summed E-state index contributed by atoms with van der Waals surface area (Å²) in [7, 11) is 0. The minimum absolute atomic E-state index is 0.191. The van der Waals surface area contributed by atoms with Gasteiger partial charge in [0.1, 0.15) is 0 Å². The lowest BCUT2D eigenvalue weighted by Crippen LogP contribution is -2.41. The van der Waals surface area contributed by atoms with Gasteiger partial charge < -0.3 is 5.32 Å². The quantitative estimate of drug-likeness (QED) is 0.802. The van der Waals surface area contributed by atoms with Gasteiger partial charge in [-0.2, -0.15) is 13.2 Å². The number of rotatable bonds is 1. The summed E-state index contributed by atoms with van der Waals surface area (Å²) in [6, 6.07) is 2.70. The Hall–Kier alpha value is -1.10. The molecule has 2 atom stereocenters. The van der Waals surface area contributed by atoms with Crippen LogP contribution in [0.2, 0.25) is 0 Å². The molecule has 5 heteroatoms. The maximum absolute atomic E-state index is 12.8. The Balaban J connectivity index is 2.24. The topological polar surface area (TPSA) is 24.9 Å². The smallest absolute Gasteiger partial charge is 0.309 e. The first kappa shape index (κ1) is 11.4. The van der Waals surface area contributed by atoms with Crippen molar-refractivity contribution < 1.29 is 13.2 Å². The van der Waals surface area contributed by atoms with E-state index in [4.69, 9.17) is 0 Å². The summed E-state index contributed by atoms with van der Waals surface area (Å²) < 4.78 is 38.4. The standard InChI is InChI=1S/C11H13F3N2/c12-11(13,14)9-4-2-6-16-10(9)8-3-1-5-15-7-8/h1,3,5,7,9-10,16H,2,4,6H2. The molecule has 0 radical (unpaired) electrons. The van der Waals surface area contributed by atoms with Crippen molar-refractivity contribution in [3.8, 4) is 0 Å². The molecule has 2 heterocycles. The first-order valence-electron chi connectivity index (χ1n) is 5.29. The van der Waals surface area contributed by atoms with Crippen LogP contribution in [0.4, 0.5) is 13.2 Å². The summed E-state index contributed by atoms with van der Waals surface area (Å²) in [6.45, 7) is 0.631. The fourth-order valence-electron chi connectivity index (χ4n) is 2.15. The van der Waals surface area contributed by atoms with E-state index < -0.39 is 18.1 Å². The van der Waals surface area contributed by atoms with E-state index in [-0.39, 0.29) is 6.42 Å². The highest BCUT2D eigenvalue weighted by atomic mass is 19.4. The maximum Gasteiger partial charge on any atom is 0.393 e. The molecule has 2 unspecified atom stereocenters. The molecular weight excluding hydrogens is 217 g/mol. The lowest BCUT2D eigenvalue weighted by Gasteiger charge is -2.34. The molecule has 0 spiro atoms. The van der Waals surface area contributed by atoms with Gasteiger partial charge in [-0.1, -0.05) is 6.07 Å².